The first-order chi connectivity index (χ1) is 6.75. The van der Waals surface area contributed by atoms with Gasteiger partial charge in [0.1, 0.15) is 0 Å². The molecule has 0 spiro atoms. The van der Waals surface area contributed by atoms with E-state index < -0.39 is 0 Å². The van der Waals surface area contributed by atoms with Crippen LogP contribution in [-0.2, 0) is 6.42 Å². The molecule has 0 aliphatic rings. The SMILES string of the molecule is Clc1ccc(C(Br)Cc2nnco2)s1. The molecular weight excluding hydrogens is 288 g/mol. The zero-order chi connectivity index (χ0) is 9.97. The maximum atomic E-state index is 5.83. The summed E-state index contributed by atoms with van der Waals surface area (Å²) in [6.45, 7) is 0. The topological polar surface area (TPSA) is 38.9 Å². The Morgan fingerprint density at radius 1 is 1.57 bits per heavy atom. The number of alkyl halides is 1. The second kappa shape index (κ2) is 4.42. The van der Waals surface area contributed by atoms with E-state index in [1.54, 1.807) is 11.3 Å². The van der Waals surface area contributed by atoms with Crippen LogP contribution < -0.4 is 0 Å². The molecule has 0 N–H and O–H groups in total. The summed E-state index contributed by atoms with van der Waals surface area (Å²) in [5.41, 5.74) is 0. The van der Waals surface area contributed by atoms with Crippen LogP contribution in [0.5, 0.6) is 0 Å². The maximum Gasteiger partial charge on any atom is 0.217 e. The van der Waals surface area contributed by atoms with Crippen LogP contribution >= 0.6 is 38.9 Å². The summed E-state index contributed by atoms with van der Waals surface area (Å²) in [6, 6.07) is 3.87. The molecule has 1 atom stereocenters. The average Bonchev–Trinajstić information content (AvgIpc) is 2.75. The van der Waals surface area contributed by atoms with Crippen molar-refractivity contribution in [3.63, 3.8) is 0 Å². The van der Waals surface area contributed by atoms with Crippen LogP contribution in [0, 0.1) is 0 Å². The van der Waals surface area contributed by atoms with Gasteiger partial charge in [0.05, 0.1) is 9.16 Å². The first-order valence-corrected chi connectivity index (χ1v) is 6.01. The van der Waals surface area contributed by atoms with Gasteiger partial charge in [-0.25, -0.2) is 0 Å². The number of thiophene rings is 1. The lowest BCUT2D eigenvalue weighted by atomic mass is 10.2. The van der Waals surface area contributed by atoms with Gasteiger partial charge in [-0.05, 0) is 12.1 Å². The number of rotatable bonds is 3. The Hall–Kier alpha value is -0.390. The third kappa shape index (κ3) is 2.34. The van der Waals surface area contributed by atoms with Gasteiger partial charge in [0, 0.05) is 11.3 Å². The number of nitrogens with zero attached hydrogens (tertiary/aromatic N) is 2. The molecule has 0 aliphatic heterocycles. The van der Waals surface area contributed by atoms with Crippen molar-refractivity contribution in [2.24, 2.45) is 0 Å². The fourth-order valence-corrected chi connectivity index (χ4v) is 2.78. The monoisotopic (exact) mass is 292 g/mol. The van der Waals surface area contributed by atoms with Gasteiger partial charge in [-0.3, -0.25) is 0 Å². The van der Waals surface area contributed by atoms with Crippen molar-refractivity contribution in [1.82, 2.24) is 10.2 Å². The molecule has 2 rings (SSSR count). The van der Waals surface area contributed by atoms with Crippen LogP contribution in [0.3, 0.4) is 0 Å². The number of aromatic nitrogens is 2. The highest BCUT2D eigenvalue weighted by Gasteiger charge is 2.13. The summed E-state index contributed by atoms with van der Waals surface area (Å²) in [6.07, 6.45) is 2.01. The summed E-state index contributed by atoms with van der Waals surface area (Å²) >= 11 is 10.9. The second-order valence-corrected chi connectivity index (χ2v) is 5.50. The molecule has 2 aromatic heterocycles. The van der Waals surface area contributed by atoms with E-state index in [-0.39, 0.29) is 4.83 Å². The van der Waals surface area contributed by atoms with Crippen molar-refractivity contribution in [3.8, 4) is 0 Å². The van der Waals surface area contributed by atoms with Gasteiger partial charge in [0.15, 0.2) is 0 Å². The maximum absolute atomic E-state index is 5.83. The van der Waals surface area contributed by atoms with Crippen molar-refractivity contribution in [1.29, 1.82) is 0 Å². The van der Waals surface area contributed by atoms with Gasteiger partial charge < -0.3 is 4.42 Å². The molecule has 0 saturated carbocycles. The Bertz CT molecular complexity index is 403. The Morgan fingerprint density at radius 3 is 3.00 bits per heavy atom. The van der Waals surface area contributed by atoms with Crippen molar-refractivity contribution in [2.45, 2.75) is 11.2 Å². The first kappa shape index (κ1) is 10.1. The highest BCUT2D eigenvalue weighted by atomic mass is 79.9. The zero-order valence-corrected chi connectivity index (χ0v) is 10.1. The second-order valence-electron chi connectivity index (χ2n) is 2.65. The molecular formula is C8H6BrClN2OS. The molecule has 0 radical (unpaired) electrons. The lowest BCUT2D eigenvalue weighted by Crippen LogP contribution is -1.92. The minimum absolute atomic E-state index is 0.181. The summed E-state index contributed by atoms with van der Waals surface area (Å²) < 4.78 is 5.84. The quantitative estimate of drug-likeness (QED) is 0.814. The Kier molecular flexibility index (Phi) is 3.20. The number of hydrogen-bond donors (Lipinski definition) is 0. The van der Waals surface area contributed by atoms with Crippen LogP contribution in [0.1, 0.15) is 15.6 Å². The number of halogens is 2. The smallest absolute Gasteiger partial charge is 0.217 e. The molecule has 2 aromatic rings. The van der Waals surface area contributed by atoms with Gasteiger partial charge in [0.2, 0.25) is 12.3 Å². The standard InChI is InChI=1S/C8H6BrClN2OS/c9-5(3-8-12-11-4-13-8)6-1-2-7(10)14-6/h1-2,4-5H,3H2. The predicted molar refractivity (Wildman–Crippen MR) is 59.0 cm³/mol. The van der Waals surface area contributed by atoms with Gasteiger partial charge in [-0.2, -0.15) is 0 Å². The third-order valence-corrected chi connectivity index (χ3v) is 4.13. The van der Waals surface area contributed by atoms with E-state index in [9.17, 15) is 0 Å². The molecule has 0 aromatic carbocycles. The van der Waals surface area contributed by atoms with E-state index >= 15 is 0 Å². The van der Waals surface area contributed by atoms with Gasteiger partial charge in [0.25, 0.3) is 0 Å². The largest absolute Gasteiger partial charge is 0.428 e. The van der Waals surface area contributed by atoms with Crippen molar-refractivity contribution < 1.29 is 4.42 Å². The Labute approximate surface area is 98.2 Å². The van der Waals surface area contributed by atoms with Crippen LogP contribution in [0.25, 0.3) is 0 Å². The van der Waals surface area contributed by atoms with E-state index in [1.807, 2.05) is 12.1 Å². The van der Waals surface area contributed by atoms with E-state index in [2.05, 4.69) is 26.1 Å². The summed E-state index contributed by atoms with van der Waals surface area (Å²) in [7, 11) is 0. The zero-order valence-electron chi connectivity index (χ0n) is 6.98. The van der Waals surface area contributed by atoms with E-state index in [4.69, 9.17) is 16.0 Å². The minimum atomic E-state index is 0.181. The molecule has 0 saturated heterocycles. The molecule has 2 heterocycles. The molecule has 14 heavy (non-hydrogen) atoms. The minimum Gasteiger partial charge on any atom is -0.428 e. The lowest BCUT2D eigenvalue weighted by Gasteiger charge is -2.02. The first-order valence-electron chi connectivity index (χ1n) is 3.90. The molecule has 3 nitrogen and oxygen atoms in total. The molecule has 0 bridgehead atoms. The Morgan fingerprint density at radius 2 is 2.43 bits per heavy atom. The van der Waals surface area contributed by atoms with Crippen LogP contribution in [0.2, 0.25) is 4.34 Å². The summed E-state index contributed by atoms with van der Waals surface area (Å²) in [5, 5.41) is 7.43. The molecule has 74 valence electrons. The molecule has 0 amide bonds. The predicted octanol–water partition coefficient (Wildman–Crippen LogP) is 3.46. The van der Waals surface area contributed by atoms with Gasteiger partial charge in [-0.1, -0.05) is 27.5 Å². The van der Waals surface area contributed by atoms with Crippen molar-refractivity contribution in [2.75, 3.05) is 0 Å². The highest BCUT2D eigenvalue weighted by Crippen LogP contribution is 2.33. The normalized spacial score (nSPS) is 13.0. The van der Waals surface area contributed by atoms with Crippen LogP contribution in [0.15, 0.2) is 22.9 Å². The molecule has 0 aliphatic carbocycles. The molecule has 0 fully saturated rings. The fraction of sp³-hybridized carbons (Fsp3) is 0.250. The fourth-order valence-electron chi connectivity index (χ4n) is 1.04. The number of hydrogen-bond acceptors (Lipinski definition) is 4. The van der Waals surface area contributed by atoms with Crippen molar-refractivity contribution in [3.05, 3.63) is 33.6 Å². The van der Waals surface area contributed by atoms with E-state index in [1.165, 1.54) is 6.39 Å². The summed E-state index contributed by atoms with van der Waals surface area (Å²) in [4.78, 5) is 1.34. The average molecular weight is 294 g/mol. The Balaban J connectivity index is 2.06. The lowest BCUT2D eigenvalue weighted by molar-refractivity contribution is 0.492. The van der Waals surface area contributed by atoms with Crippen molar-refractivity contribution >= 4 is 38.9 Å². The molecule has 1 unspecified atom stereocenters. The van der Waals surface area contributed by atoms with E-state index in [0.29, 0.717) is 12.3 Å². The van der Waals surface area contributed by atoms with Gasteiger partial charge >= 0.3 is 0 Å². The van der Waals surface area contributed by atoms with Crippen LogP contribution in [-0.4, -0.2) is 10.2 Å². The highest BCUT2D eigenvalue weighted by molar-refractivity contribution is 9.09. The van der Waals surface area contributed by atoms with Crippen LogP contribution in [0.4, 0.5) is 0 Å². The molecule has 6 heteroatoms. The van der Waals surface area contributed by atoms with Gasteiger partial charge in [-0.15, -0.1) is 21.5 Å². The van der Waals surface area contributed by atoms with E-state index in [0.717, 1.165) is 9.21 Å². The third-order valence-electron chi connectivity index (χ3n) is 1.66. The summed E-state index contributed by atoms with van der Waals surface area (Å²) in [5.74, 6) is 0.622.